The van der Waals surface area contributed by atoms with E-state index in [4.69, 9.17) is 0 Å². The van der Waals surface area contributed by atoms with Gasteiger partial charge in [-0.15, -0.1) is 0 Å². The molecular weight excluding hydrogens is 420 g/mol. The number of nitrogens with one attached hydrogen (secondary N) is 1. The molecule has 0 atom stereocenters. The van der Waals surface area contributed by atoms with Crippen molar-refractivity contribution in [2.24, 2.45) is 0 Å². The van der Waals surface area contributed by atoms with Crippen molar-refractivity contribution in [3.63, 3.8) is 0 Å². The summed E-state index contributed by atoms with van der Waals surface area (Å²) in [6.45, 7) is 13.2. The lowest BCUT2D eigenvalue weighted by Gasteiger charge is -2.23. The number of carbonyl (C=O) groups excluding carboxylic acids is 1. The molecule has 0 aromatic heterocycles. The van der Waals surface area contributed by atoms with E-state index in [2.05, 4.69) is 57.3 Å². The summed E-state index contributed by atoms with van der Waals surface area (Å²) in [5, 5.41) is 13.8. The molecule has 0 bridgehead atoms. The molecule has 0 unspecified atom stereocenters. The van der Waals surface area contributed by atoms with E-state index in [1.165, 1.54) is 16.7 Å². The van der Waals surface area contributed by atoms with Crippen molar-refractivity contribution in [3.05, 3.63) is 82.0 Å². The maximum atomic E-state index is 13.6. The first-order valence-corrected chi connectivity index (χ1v) is 12.1. The summed E-state index contributed by atoms with van der Waals surface area (Å²) >= 11 is 0. The van der Waals surface area contributed by atoms with Gasteiger partial charge in [0.05, 0.1) is 22.6 Å². The number of fused-ring (bicyclic) bond motifs is 2. The molecule has 4 heteroatoms. The molecule has 0 aliphatic carbocycles. The number of aromatic hydroxyl groups is 1. The first-order chi connectivity index (χ1) is 16.2. The number of para-hydroxylation sites is 1. The van der Waals surface area contributed by atoms with Crippen molar-refractivity contribution in [1.82, 2.24) is 0 Å². The molecule has 2 aromatic rings. The first kappa shape index (κ1) is 25.4. The Bertz CT molecular complexity index is 1150. The molecule has 0 spiro atoms. The highest BCUT2D eigenvalue weighted by Crippen LogP contribution is 2.41. The molecule has 1 heterocycles. The lowest BCUT2D eigenvalue weighted by molar-refractivity contribution is 0.0991. The minimum absolute atomic E-state index is 0.0806. The van der Waals surface area contributed by atoms with Gasteiger partial charge >= 0.3 is 0 Å². The number of benzene rings is 2. The summed E-state index contributed by atoms with van der Waals surface area (Å²) in [6.07, 6.45) is 10.9. The molecular formula is C30H38N2O2. The summed E-state index contributed by atoms with van der Waals surface area (Å²) < 4.78 is 0. The van der Waals surface area contributed by atoms with Crippen LogP contribution in [-0.2, 0) is 0 Å². The SMILES string of the molecule is CC(C)=CCC/C(C)=C/CC/C(C)=C/CN1C(=O)c2cccc(O)c2Nc2c(C)cc(C)cc21. The molecule has 1 amide bonds. The number of phenolic OH excluding ortho intramolecular Hbond substituents is 1. The Morgan fingerprint density at radius 2 is 1.62 bits per heavy atom. The van der Waals surface area contributed by atoms with E-state index >= 15 is 0 Å². The summed E-state index contributed by atoms with van der Waals surface area (Å²) in [5.41, 5.74) is 8.85. The van der Waals surface area contributed by atoms with Gasteiger partial charge in [-0.3, -0.25) is 4.79 Å². The fourth-order valence-electron chi connectivity index (χ4n) is 4.32. The second kappa shape index (κ2) is 11.2. The molecule has 34 heavy (non-hydrogen) atoms. The maximum absolute atomic E-state index is 13.6. The standard InChI is InChI=1S/C30H38N2O2/c1-20(2)10-7-11-21(3)12-8-13-22(4)16-17-32-26-19-23(5)18-24(6)28(26)31-29-25(30(32)34)14-9-15-27(29)33/h9-10,12,14-16,18-19,31,33H,7-8,11,13,17H2,1-6H3/b21-12+,22-16+. The average Bonchev–Trinajstić information content (AvgIpc) is 2.87. The zero-order valence-electron chi connectivity index (χ0n) is 21.5. The number of anilines is 3. The maximum Gasteiger partial charge on any atom is 0.260 e. The van der Waals surface area contributed by atoms with Gasteiger partial charge in [-0.05, 0) is 96.6 Å². The number of rotatable bonds is 8. The van der Waals surface area contributed by atoms with Crippen LogP contribution < -0.4 is 10.2 Å². The van der Waals surface area contributed by atoms with E-state index in [9.17, 15) is 9.90 Å². The van der Waals surface area contributed by atoms with Crippen LogP contribution in [0.3, 0.4) is 0 Å². The van der Waals surface area contributed by atoms with Crippen molar-refractivity contribution in [2.75, 3.05) is 16.8 Å². The zero-order chi connectivity index (χ0) is 24.8. The quantitative estimate of drug-likeness (QED) is 0.310. The molecule has 3 rings (SSSR count). The van der Waals surface area contributed by atoms with Gasteiger partial charge in [0.2, 0.25) is 0 Å². The third kappa shape index (κ3) is 6.19. The lowest BCUT2D eigenvalue weighted by atomic mass is 10.1. The van der Waals surface area contributed by atoms with Crippen molar-refractivity contribution >= 4 is 23.0 Å². The molecule has 0 radical (unpaired) electrons. The Kier molecular flexibility index (Phi) is 8.38. The van der Waals surface area contributed by atoms with E-state index in [-0.39, 0.29) is 11.7 Å². The second-order valence-electron chi connectivity index (χ2n) is 9.68. The monoisotopic (exact) mass is 458 g/mol. The van der Waals surface area contributed by atoms with Gasteiger partial charge in [-0.2, -0.15) is 0 Å². The van der Waals surface area contributed by atoms with Crippen LogP contribution in [0.15, 0.2) is 65.3 Å². The predicted octanol–water partition coefficient (Wildman–Crippen LogP) is 8.13. The second-order valence-corrected chi connectivity index (χ2v) is 9.68. The Labute approximate surface area is 204 Å². The van der Waals surface area contributed by atoms with E-state index < -0.39 is 0 Å². The third-order valence-corrected chi connectivity index (χ3v) is 6.26. The van der Waals surface area contributed by atoms with Gasteiger partial charge in [-0.1, -0.05) is 47.1 Å². The van der Waals surface area contributed by atoms with Crippen molar-refractivity contribution in [3.8, 4) is 5.75 Å². The summed E-state index contributed by atoms with van der Waals surface area (Å²) in [5.74, 6) is -0.0293. The number of amides is 1. The van der Waals surface area contributed by atoms with Crippen LogP contribution in [0.5, 0.6) is 5.75 Å². The van der Waals surface area contributed by atoms with Crippen LogP contribution in [0.2, 0.25) is 0 Å². The molecule has 180 valence electrons. The van der Waals surface area contributed by atoms with E-state index in [1.54, 1.807) is 18.2 Å². The summed E-state index contributed by atoms with van der Waals surface area (Å²) in [7, 11) is 0. The normalized spacial score (nSPS) is 13.7. The smallest absolute Gasteiger partial charge is 0.260 e. The van der Waals surface area contributed by atoms with Crippen molar-refractivity contribution in [2.45, 2.75) is 67.2 Å². The van der Waals surface area contributed by atoms with E-state index in [0.29, 0.717) is 17.8 Å². The molecule has 1 aliphatic rings. The lowest BCUT2D eigenvalue weighted by Crippen LogP contribution is -2.30. The zero-order valence-corrected chi connectivity index (χ0v) is 21.5. The van der Waals surface area contributed by atoms with Crippen molar-refractivity contribution in [1.29, 1.82) is 0 Å². The van der Waals surface area contributed by atoms with Crippen molar-refractivity contribution < 1.29 is 9.90 Å². The number of hydrogen-bond acceptors (Lipinski definition) is 3. The summed E-state index contributed by atoms with van der Waals surface area (Å²) in [4.78, 5) is 15.4. The molecule has 0 saturated carbocycles. The van der Waals surface area contributed by atoms with Crippen LogP contribution in [0, 0.1) is 13.8 Å². The van der Waals surface area contributed by atoms with Gasteiger partial charge in [0.15, 0.2) is 0 Å². The number of allylic oxidation sites excluding steroid dienone is 5. The molecule has 2 N–H and O–H groups in total. The van der Waals surface area contributed by atoms with Crippen LogP contribution >= 0.6 is 0 Å². The Morgan fingerprint density at radius 1 is 0.941 bits per heavy atom. The van der Waals surface area contributed by atoms with Crippen LogP contribution in [0.1, 0.15) is 74.9 Å². The van der Waals surface area contributed by atoms with Crippen LogP contribution in [0.25, 0.3) is 0 Å². The Balaban J connectivity index is 1.80. The minimum Gasteiger partial charge on any atom is -0.506 e. The van der Waals surface area contributed by atoms with Crippen LogP contribution in [-0.4, -0.2) is 17.6 Å². The van der Waals surface area contributed by atoms with Gasteiger partial charge in [-0.25, -0.2) is 0 Å². The molecule has 0 fully saturated rings. The average molecular weight is 459 g/mol. The van der Waals surface area contributed by atoms with Gasteiger partial charge < -0.3 is 15.3 Å². The highest BCUT2D eigenvalue weighted by atomic mass is 16.3. The summed E-state index contributed by atoms with van der Waals surface area (Å²) in [6, 6.07) is 9.22. The number of carbonyl (C=O) groups is 1. The van der Waals surface area contributed by atoms with Gasteiger partial charge in [0, 0.05) is 6.54 Å². The highest BCUT2D eigenvalue weighted by Gasteiger charge is 2.28. The van der Waals surface area contributed by atoms with E-state index in [0.717, 1.165) is 48.2 Å². The molecule has 0 saturated heterocycles. The van der Waals surface area contributed by atoms with E-state index in [1.807, 2.05) is 24.8 Å². The first-order valence-electron chi connectivity index (χ1n) is 12.1. The predicted molar refractivity (Wildman–Crippen MR) is 144 cm³/mol. The molecule has 1 aliphatic heterocycles. The number of hydrogen-bond donors (Lipinski definition) is 2. The molecule has 2 aromatic carbocycles. The Hall–Kier alpha value is -3.27. The van der Waals surface area contributed by atoms with Gasteiger partial charge in [0.25, 0.3) is 5.91 Å². The Morgan fingerprint density at radius 3 is 2.32 bits per heavy atom. The van der Waals surface area contributed by atoms with Gasteiger partial charge in [0.1, 0.15) is 5.75 Å². The fourth-order valence-corrected chi connectivity index (χ4v) is 4.32. The third-order valence-electron chi connectivity index (χ3n) is 6.26. The number of nitrogens with zero attached hydrogens (tertiary/aromatic N) is 1. The van der Waals surface area contributed by atoms with Crippen LogP contribution in [0.4, 0.5) is 17.1 Å². The largest absolute Gasteiger partial charge is 0.506 e. The fraction of sp³-hybridized carbons (Fsp3) is 0.367. The minimum atomic E-state index is -0.110. The highest BCUT2D eigenvalue weighted by molar-refractivity contribution is 6.14. The molecule has 4 nitrogen and oxygen atoms in total. The number of phenols is 1. The topological polar surface area (TPSA) is 52.6 Å². The number of aryl methyl sites for hydroxylation is 2.